The van der Waals surface area contributed by atoms with E-state index >= 15 is 4.79 Å². The average molecular weight is 1310 g/mol. The van der Waals surface area contributed by atoms with Crippen LogP contribution in [0.2, 0.25) is 0 Å². The van der Waals surface area contributed by atoms with Crippen LogP contribution in [0, 0.1) is 50.2 Å². The van der Waals surface area contributed by atoms with Crippen LogP contribution in [0.3, 0.4) is 0 Å². The van der Waals surface area contributed by atoms with Gasteiger partial charge in [0.1, 0.15) is 122 Å². The molecule has 5 aliphatic carbocycles. The Hall–Kier alpha value is -2.40. The van der Waals surface area contributed by atoms with Gasteiger partial charge in [0.25, 0.3) is 0 Å². The molecule has 10 aliphatic rings. The van der Waals surface area contributed by atoms with Crippen LogP contribution < -0.4 is 0 Å². The molecule has 0 aromatic rings. The minimum absolute atomic E-state index is 0.0945. The summed E-state index contributed by atoms with van der Waals surface area (Å²) in [6.07, 6.45) is -40.8. The second-order valence-electron chi connectivity index (χ2n) is 28.9. The largest absolute Gasteiger partial charge is 0.432 e. The predicted molar refractivity (Wildman–Crippen MR) is 298 cm³/mol. The summed E-state index contributed by atoms with van der Waals surface area (Å²) in [6.45, 7) is 8.19. The summed E-state index contributed by atoms with van der Waals surface area (Å²) in [5.74, 6) is -2.74. The quantitative estimate of drug-likeness (QED) is 0.0296. The van der Waals surface area contributed by atoms with Crippen molar-refractivity contribution in [3.05, 3.63) is 11.6 Å². The third-order valence-corrected chi connectivity index (χ3v) is 23.6. The highest BCUT2D eigenvalue weighted by Gasteiger charge is 2.72. The van der Waals surface area contributed by atoms with Crippen molar-refractivity contribution in [2.75, 3.05) is 33.0 Å². The molecule has 0 aromatic heterocycles. The summed E-state index contributed by atoms with van der Waals surface area (Å²) < 4.78 is 52.7. The van der Waals surface area contributed by atoms with Gasteiger partial charge in [-0.3, -0.25) is 9.68 Å². The van der Waals surface area contributed by atoms with E-state index in [1.165, 1.54) is 0 Å². The first kappa shape index (κ1) is 71.4. The molecule has 10 rings (SSSR count). The summed E-state index contributed by atoms with van der Waals surface area (Å²) in [7, 11) is 0. The highest BCUT2D eigenvalue weighted by molar-refractivity contribution is 5.79. The van der Waals surface area contributed by atoms with Crippen molar-refractivity contribution in [1.29, 1.82) is 0 Å². The lowest BCUT2D eigenvalue weighted by Gasteiger charge is -2.71. The van der Waals surface area contributed by atoms with Gasteiger partial charge in [-0.25, -0.2) is 4.79 Å². The van der Waals surface area contributed by atoms with Crippen LogP contribution in [0.1, 0.15) is 106 Å². The lowest BCUT2D eigenvalue weighted by atomic mass is 9.33. The number of fused-ring (bicyclic) bond motifs is 7. The van der Waals surface area contributed by atoms with E-state index < -0.39 is 244 Å². The Morgan fingerprint density at radius 2 is 0.978 bits per heavy atom. The maximum Gasteiger partial charge on any atom is 0.351 e. The lowest BCUT2D eigenvalue weighted by Crippen LogP contribution is -2.67. The standard InChI is InChI=1S/C60H96O31/c1-55(2)13-15-60(16-14-57(4)23(24(60)17-55)7-8-30-56(3)11-10-32(65)59(6,31(56)9-12-58(30,57)5)53(79)91-90-51-44(77)40(73)35(68)27(20-63)84-51)54(80)89-50-45(78)46(87-48-42(75)38(71)33(66)25(18-61)82-48)37(70)29(86-50)22-81-52-47(41(74)36(69)28(21-64)85-52)88-49-43(76)39(72)34(67)26(19-62)83-49/h7,24-52,61-78H,8-22H2,1-6H3/t24-,25-,26+,27+,28+,29+,30+,31-,32-,33-,34+,35+,36-,37+,38-,39-,40-,41-,42+,43+,44+,45+,46-,47+,48-,49-,50-,51-,52+,56-,57+,58-,59+,60-/m1/s1. The van der Waals surface area contributed by atoms with Crippen LogP contribution in [0.25, 0.3) is 0 Å². The Bertz CT molecular complexity index is 2560. The highest BCUT2D eigenvalue weighted by atomic mass is 17.2. The molecule has 91 heavy (non-hydrogen) atoms. The summed E-state index contributed by atoms with van der Waals surface area (Å²) in [5.41, 5.74) is -3.75. The van der Waals surface area contributed by atoms with Gasteiger partial charge in [-0.05, 0) is 111 Å². The van der Waals surface area contributed by atoms with Crippen LogP contribution in [0.4, 0.5) is 0 Å². The normalized spacial score (nSPS) is 53.1. The minimum Gasteiger partial charge on any atom is -0.432 e. The molecule has 0 aromatic carbocycles. The summed E-state index contributed by atoms with van der Waals surface area (Å²) in [4.78, 5) is 40.8. The maximum absolute atomic E-state index is 15.7. The zero-order chi connectivity index (χ0) is 66.6. The van der Waals surface area contributed by atoms with E-state index in [1.807, 2.05) is 0 Å². The molecule has 522 valence electrons. The number of ether oxygens (including phenoxy) is 9. The van der Waals surface area contributed by atoms with Crippen molar-refractivity contribution >= 4 is 11.9 Å². The number of esters is 1. The van der Waals surface area contributed by atoms with Gasteiger partial charge in [0.05, 0.1) is 50.0 Å². The SMILES string of the molecule is CC1(C)CC[C@@]2(C(=O)O[C@H]3O[C@@H](CO[C@H]4O[C@@H](CO)[C@@H](O)[C@@H](O)[C@@H]4O[C@H]4O[C@@H](CO)[C@H](O)[C@@H](O)[C@@H]4O)[C@H](O)[C@@H](O[C@H]4O[C@H](CO)[C@@H](O)[C@@H](O)[C@@H]4O)[C@@H]3O)CC[C@@]3(C)C(=CC[C@H]4[C@@]5(C)CC[C@@H](O)[C@@](C)(C(=O)OO[C@H]6O[C@@H](CO)[C@H](O)[C@@H](O)[C@@H]6O)[C@@H]5CC[C@]43C)[C@H]2C1. The molecule has 18 N–H and O–H groups in total. The molecule has 31 heteroatoms. The fourth-order valence-electron chi connectivity index (χ4n) is 17.6. The number of allylic oxidation sites excluding steroid dienone is 2. The maximum atomic E-state index is 15.7. The number of hydrogen-bond donors (Lipinski definition) is 18. The van der Waals surface area contributed by atoms with Crippen LogP contribution in [0.15, 0.2) is 11.6 Å². The van der Waals surface area contributed by atoms with Gasteiger partial charge in [-0.2, -0.15) is 0 Å². The third kappa shape index (κ3) is 12.1. The van der Waals surface area contributed by atoms with Crippen molar-refractivity contribution in [3.8, 4) is 0 Å². The first-order valence-corrected chi connectivity index (χ1v) is 31.7. The van der Waals surface area contributed by atoms with E-state index in [0.29, 0.717) is 51.4 Å². The molecule has 34 atom stereocenters. The second-order valence-corrected chi connectivity index (χ2v) is 28.9. The molecule has 5 aliphatic heterocycles. The van der Waals surface area contributed by atoms with Gasteiger partial charge in [0.2, 0.25) is 12.6 Å². The van der Waals surface area contributed by atoms with Crippen molar-refractivity contribution < 1.29 is 154 Å². The van der Waals surface area contributed by atoms with Gasteiger partial charge in [-0.15, -0.1) is 4.89 Å². The summed E-state index contributed by atoms with van der Waals surface area (Å²) in [6, 6.07) is 0. The summed E-state index contributed by atoms with van der Waals surface area (Å²) in [5, 5.41) is 194. The molecule has 0 bridgehead atoms. The fourth-order valence-corrected chi connectivity index (χ4v) is 17.6. The molecule has 0 spiro atoms. The molecule has 0 amide bonds. The van der Waals surface area contributed by atoms with Crippen LogP contribution in [-0.4, -0.2) is 297 Å². The average Bonchev–Trinajstić information content (AvgIpc) is 0.676. The van der Waals surface area contributed by atoms with Crippen molar-refractivity contribution in [1.82, 2.24) is 0 Å². The first-order chi connectivity index (χ1) is 42.7. The van der Waals surface area contributed by atoms with E-state index in [4.69, 9.17) is 52.4 Å². The van der Waals surface area contributed by atoms with Crippen molar-refractivity contribution in [2.24, 2.45) is 50.2 Å². The zero-order valence-electron chi connectivity index (χ0n) is 51.8. The Kier molecular flexibility index (Phi) is 21.0. The van der Waals surface area contributed by atoms with Crippen LogP contribution in [-0.2, 0) is 62.0 Å². The Morgan fingerprint density at radius 3 is 1.54 bits per heavy atom. The number of carbonyl (C=O) groups excluding carboxylic acids is 2. The zero-order valence-corrected chi connectivity index (χ0v) is 51.8. The first-order valence-electron chi connectivity index (χ1n) is 31.7. The van der Waals surface area contributed by atoms with Gasteiger partial charge in [0, 0.05) is 0 Å². The number of rotatable bonds is 16. The van der Waals surface area contributed by atoms with Gasteiger partial charge < -0.3 is 135 Å². The van der Waals surface area contributed by atoms with Gasteiger partial charge in [-0.1, -0.05) is 46.3 Å². The van der Waals surface area contributed by atoms with Crippen molar-refractivity contribution in [3.63, 3.8) is 0 Å². The molecule has 9 fully saturated rings. The molecule has 0 unspecified atom stereocenters. The lowest BCUT2D eigenvalue weighted by molar-refractivity contribution is -0.410. The third-order valence-electron chi connectivity index (χ3n) is 23.6. The molecule has 31 nitrogen and oxygen atoms in total. The number of carbonyl (C=O) groups is 2. The van der Waals surface area contributed by atoms with E-state index in [-0.39, 0.29) is 24.2 Å². The molecule has 0 radical (unpaired) electrons. The number of hydrogen-bond acceptors (Lipinski definition) is 31. The Labute approximate surface area is 524 Å². The predicted octanol–water partition coefficient (Wildman–Crippen LogP) is -5.78. The fraction of sp³-hybridized carbons (Fsp3) is 0.933. The van der Waals surface area contributed by atoms with Gasteiger partial charge >= 0.3 is 11.9 Å². The van der Waals surface area contributed by atoms with E-state index in [1.54, 1.807) is 6.92 Å². The number of aliphatic hydroxyl groups excluding tert-OH is 18. The number of aliphatic hydroxyl groups is 18. The molecular weight excluding hydrogens is 1220 g/mol. The summed E-state index contributed by atoms with van der Waals surface area (Å²) >= 11 is 0. The molecular formula is C60H96O31. The molecule has 5 saturated heterocycles. The van der Waals surface area contributed by atoms with Crippen LogP contribution >= 0.6 is 0 Å². The minimum atomic E-state index is -2.13. The van der Waals surface area contributed by atoms with Crippen LogP contribution in [0.5, 0.6) is 0 Å². The van der Waals surface area contributed by atoms with E-state index in [9.17, 15) is 96.7 Å². The monoisotopic (exact) mass is 1310 g/mol. The Morgan fingerprint density at radius 1 is 0.484 bits per heavy atom. The Balaban J connectivity index is 0.919. The van der Waals surface area contributed by atoms with Crippen molar-refractivity contribution in [2.45, 2.75) is 265 Å². The van der Waals surface area contributed by atoms with Gasteiger partial charge in [0.15, 0.2) is 18.9 Å². The smallest absolute Gasteiger partial charge is 0.351 e. The topological polar surface area (TPSA) is 500 Å². The second kappa shape index (κ2) is 26.8. The highest BCUT2D eigenvalue weighted by Crippen LogP contribution is 2.76. The molecule has 5 heterocycles. The van der Waals surface area contributed by atoms with E-state index in [2.05, 4.69) is 40.7 Å². The molecule has 4 saturated carbocycles. The van der Waals surface area contributed by atoms with E-state index in [0.717, 1.165) is 5.57 Å².